The molecular weight excluding hydrogens is 363 g/mol. The van der Waals surface area contributed by atoms with Crippen molar-refractivity contribution in [2.24, 2.45) is 5.92 Å². The standard InChI is InChI=1S/C25H25FN2O/c26-25(10-13-28(14-11-25)24(29)20-5-6-20)16-18-1-3-19(4-2-18)21-7-8-23-17-27-12-9-22(23)15-21/h1-4,7-9,12,15,17,20H,5-6,10-11,13-14,16H2. The smallest absolute Gasteiger partial charge is 0.225 e. The monoisotopic (exact) mass is 388 g/mol. The maximum atomic E-state index is 15.4. The third-order valence-electron chi connectivity index (χ3n) is 6.35. The molecule has 2 aliphatic rings. The number of likely N-dealkylation sites (tertiary alicyclic amines) is 1. The van der Waals surface area contributed by atoms with Gasteiger partial charge in [0.25, 0.3) is 0 Å². The van der Waals surface area contributed by atoms with E-state index < -0.39 is 5.67 Å². The van der Waals surface area contributed by atoms with Gasteiger partial charge in [0.1, 0.15) is 5.67 Å². The van der Waals surface area contributed by atoms with Crippen LogP contribution in [0.2, 0.25) is 0 Å². The van der Waals surface area contributed by atoms with Gasteiger partial charge in [-0.25, -0.2) is 4.39 Å². The lowest BCUT2D eigenvalue weighted by molar-refractivity contribution is -0.135. The zero-order valence-electron chi connectivity index (χ0n) is 16.5. The maximum Gasteiger partial charge on any atom is 0.225 e. The lowest BCUT2D eigenvalue weighted by atomic mass is 9.86. The average Bonchev–Trinajstić information content (AvgIpc) is 3.59. The van der Waals surface area contributed by atoms with Crippen molar-refractivity contribution in [2.75, 3.05) is 13.1 Å². The molecule has 1 saturated carbocycles. The Morgan fingerprint density at radius 2 is 1.72 bits per heavy atom. The summed E-state index contributed by atoms with van der Waals surface area (Å²) in [7, 11) is 0. The molecule has 2 heterocycles. The highest BCUT2D eigenvalue weighted by molar-refractivity contribution is 5.86. The molecule has 3 aromatic rings. The number of alkyl halides is 1. The van der Waals surface area contributed by atoms with Crippen molar-refractivity contribution in [1.29, 1.82) is 0 Å². The fourth-order valence-electron chi connectivity index (χ4n) is 4.34. The lowest BCUT2D eigenvalue weighted by Crippen LogP contribution is -2.46. The van der Waals surface area contributed by atoms with E-state index in [1.54, 1.807) is 6.20 Å². The number of rotatable bonds is 4. The second-order valence-electron chi connectivity index (χ2n) is 8.56. The minimum absolute atomic E-state index is 0.223. The van der Waals surface area contributed by atoms with Crippen molar-refractivity contribution < 1.29 is 9.18 Å². The van der Waals surface area contributed by atoms with E-state index in [-0.39, 0.29) is 11.8 Å². The fourth-order valence-corrected chi connectivity index (χ4v) is 4.34. The normalized spacial score (nSPS) is 18.7. The van der Waals surface area contributed by atoms with Crippen molar-refractivity contribution >= 4 is 16.7 Å². The van der Waals surface area contributed by atoms with Crippen LogP contribution in [-0.4, -0.2) is 34.5 Å². The zero-order chi connectivity index (χ0) is 19.8. The highest BCUT2D eigenvalue weighted by Crippen LogP contribution is 2.35. The summed E-state index contributed by atoms with van der Waals surface area (Å²) in [6.07, 6.45) is 6.99. The molecule has 0 spiro atoms. The number of carbonyl (C=O) groups is 1. The van der Waals surface area contributed by atoms with Gasteiger partial charge in [-0.15, -0.1) is 0 Å². The molecule has 1 amide bonds. The molecule has 5 rings (SSSR count). The van der Waals surface area contributed by atoms with Gasteiger partial charge in [-0.1, -0.05) is 36.4 Å². The van der Waals surface area contributed by atoms with Crippen LogP contribution in [0.4, 0.5) is 4.39 Å². The predicted octanol–water partition coefficient (Wildman–Crippen LogP) is 5.19. The van der Waals surface area contributed by atoms with E-state index >= 15 is 4.39 Å². The first-order valence-electron chi connectivity index (χ1n) is 10.5. The number of aromatic nitrogens is 1. The third kappa shape index (κ3) is 3.89. The van der Waals surface area contributed by atoms with Crippen molar-refractivity contribution in [3.05, 3.63) is 66.5 Å². The van der Waals surface area contributed by atoms with E-state index in [0.717, 1.165) is 40.3 Å². The molecular formula is C25H25FN2O. The van der Waals surface area contributed by atoms with Gasteiger partial charge in [0.05, 0.1) is 0 Å². The summed E-state index contributed by atoms with van der Waals surface area (Å²) in [5, 5.41) is 2.29. The number of benzene rings is 2. The van der Waals surface area contributed by atoms with Gasteiger partial charge in [-0.05, 0) is 59.9 Å². The maximum absolute atomic E-state index is 15.4. The van der Waals surface area contributed by atoms with Crippen molar-refractivity contribution in [2.45, 2.75) is 37.8 Å². The van der Waals surface area contributed by atoms with Gasteiger partial charge in [0.2, 0.25) is 5.91 Å². The summed E-state index contributed by atoms with van der Waals surface area (Å²) in [6.45, 7) is 1.10. The minimum atomic E-state index is -1.21. The van der Waals surface area contributed by atoms with Crippen LogP contribution in [0.1, 0.15) is 31.2 Å². The van der Waals surface area contributed by atoms with E-state index in [9.17, 15) is 4.79 Å². The Morgan fingerprint density at radius 3 is 2.45 bits per heavy atom. The Morgan fingerprint density at radius 1 is 1.00 bits per heavy atom. The van der Waals surface area contributed by atoms with Gasteiger partial charge in [0.15, 0.2) is 0 Å². The second-order valence-corrected chi connectivity index (χ2v) is 8.56. The van der Waals surface area contributed by atoms with Gasteiger partial charge in [-0.3, -0.25) is 9.78 Å². The summed E-state index contributed by atoms with van der Waals surface area (Å²) in [5.74, 6) is 0.462. The molecule has 2 aromatic carbocycles. The third-order valence-corrected chi connectivity index (χ3v) is 6.35. The van der Waals surface area contributed by atoms with Gasteiger partial charge in [-0.2, -0.15) is 0 Å². The molecule has 1 aromatic heterocycles. The van der Waals surface area contributed by atoms with Crippen LogP contribution in [-0.2, 0) is 11.2 Å². The van der Waals surface area contributed by atoms with E-state index in [1.807, 2.05) is 29.3 Å². The van der Waals surface area contributed by atoms with Crippen LogP contribution in [0.5, 0.6) is 0 Å². The molecule has 4 heteroatoms. The molecule has 0 N–H and O–H groups in total. The first kappa shape index (κ1) is 18.3. The van der Waals surface area contributed by atoms with Gasteiger partial charge >= 0.3 is 0 Å². The summed E-state index contributed by atoms with van der Waals surface area (Å²) in [5.41, 5.74) is 2.09. The predicted molar refractivity (Wildman–Crippen MR) is 113 cm³/mol. The number of pyridine rings is 1. The molecule has 0 bridgehead atoms. The van der Waals surface area contributed by atoms with E-state index in [1.165, 1.54) is 0 Å². The Labute approximate surface area is 170 Å². The molecule has 1 aliphatic carbocycles. The molecule has 2 fully saturated rings. The summed E-state index contributed by atoms with van der Waals surface area (Å²) in [6, 6.07) is 16.6. The summed E-state index contributed by atoms with van der Waals surface area (Å²) >= 11 is 0. The first-order chi connectivity index (χ1) is 14.1. The van der Waals surface area contributed by atoms with Gasteiger partial charge < -0.3 is 4.90 Å². The van der Waals surface area contributed by atoms with Crippen LogP contribution >= 0.6 is 0 Å². The van der Waals surface area contributed by atoms with Crippen LogP contribution in [0.25, 0.3) is 21.9 Å². The Kier molecular flexibility index (Phi) is 4.57. The van der Waals surface area contributed by atoms with Crippen LogP contribution < -0.4 is 0 Å². The van der Waals surface area contributed by atoms with Crippen molar-refractivity contribution in [3.63, 3.8) is 0 Å². The van der Waals surface area contributed by atoms with Crippen molar-refractivity contribution in [3.8, 4) is 11.1 Å². The molecule has 0 unspecified atom stereocenters. The van der Waals surface area contributed by atoms with E-state index in [2.05, 4.69) is 35.3 Å². The highest BCUT2D eigenvalue weighted by Gasteiger charge is 2.39. The minimum Gasteiger partial charge on any atom is -0.342 e. The quantitative estimate of drug-likeness (QED) is 0.617. The summed E-state index contributed by atoms with van der Waals surface area (Å²) < 4.78 is 15.4. The number of hydrogen-bond donors (Lipinski definition) is 0. The van der Waals surface area contributed by atoms with E-state index in [0.29, 0.717) is 32.4 Å². The Bertz CT molecular complexity index is 1030. The highest BCUT2D eigenvalue weighted by atomic mass is 19.1. The topological polar surface area (TPSA) is 33.2 Å². The molecule has 1 saturated heterocycles. The fraction of sp³-hybridized carbons (Fsp3) is 0.360. The molecule has 0 radical (unpaired) electrons. The lowest BCUT2D eigenvalue weighted by Gasteiger charge is -2.36. The number of piperidine rings is 1. The van der Waals surface area contributed by atoms with Crippen molar-refractivity contribution in [1.82, 2.24) is 9.88 Å². The first-order valence-corrected chi connectivity index (χ1v) is 10.5. The number of amides is 1. The largest absolute Gasteiger partial charge is 0.342 e. The number of fused-ring (bicyclic) bond motifs is 1. The van der Waals surface area contributed by atoms with Crippen LogP contribution in [0, 0.1) is 5.92 Å². The molecule has 0 atom stereocenters. The number of carbonyl (C=O) groups excluding carboxylic acids is 1. The Balaban J connectivity index is 1.26. The average molecular weight is 388 g/mol. The molecule has 148 valence electrons. The molecule has 1 aliphatic heterocycles. The number of hydrogen-bond acceptors (Lipinski definition) is 2. The zero-order valence-corrected chi connectivity index (χ0v) is 16.5. The van der Waals surface area contributed by atoms with Gasteiger partial charge in [0, 0.05) is 43.2 Å². The molecule has 29 heavy (non-hydrogen) atoms. The molecule has 3 nitrogen and oxygen atoms in total. The number of halogens is 1. The number of nitrogens with zero attached hydrogens (tertiary/aromatic N) is 2. The second kappa shape index (κ2) is 7.25. The van der Waals surface area contributed by atoms with E-state index in [4.69, 9.17) is 0 Å². The summed E-state index contributed by atoms with van der Waals surface area (Å²) in [4.78, 5) is 18.2. The van der Waals surface area contributed by atoms with Crippen LogP contribution in [0.3, 0.4) is 0 Å². The SMILES string of the molecule is O=C(C1CC1)N1CCC(F)(Cc2ccc(-c3ccc4cnccc4c3)cc2)CC1. The van der Waals surface area contributed by atoms with Crippen LogP contribution in [0.15, 0.2) is 60.9 Å². The Hall–Kier alpha value is -2.75.